The number of rotatable bonds is 2. The van der Waals surface area contributed by atoms with Gasteiger partial charge in [0.25, 0.3) is 0 Å². The lowest BCUT2D eigenvalue weighted by atomic mass is 10.1. The van der Waals surface area contributed by atoms with Crippen LogP contribution in [0.1, 0.15) is 17.3 Å². The van der Waals surface area contributed by atoms with E-state index in [1.807, 2.05) is 18.2 Å². The van der Waals surface area contributed by atoms with Crippen molar-refractivity contribution in [2.45, 2.75) is 12.6 Å². The molecule has 1 aromatic heterocycles. The van der Waals surface area contributed by atoms with Crippen LogP contribution in [0.3, 0.4) is 0 Å². The van der Waals surface area contributed by atoms with E-state index in [4.69, 9.17) is 26.8 Å². The van der Waals surface area contributed by atoms with Gasteiger partial charge in [0.05, 0.1) is 43.9 Å². The molecule has 7 heteroatoms. The highest BCUT2D eigenvalue weighted by Crippen LogP contribution is 2.33. The highest BCUT2D eigenvalue weighted by atomic mass is 35.5. The Labute approximate surface area is 128 Å². The molecule has 20 heavy (non-hydrogen) atoms. The SMILES string of the molecule is COc1cccc(-n2ncc3c2COC[C@H]3N)c1Cl.Cl. The van der Waals surface area contributed by atoms with E-state index in [1.165, 1.54) is 0 Å². The summed E-state index contributed by atoms with van der Waals surface area (Å²) in [7, 11) is 1.59. The van der Waals surface area contributed by atoms with Gasteiger partial charge in [0, 0.05) is 5.56 Å². The topological polar surface area (TPSA) is 62.3 Å². The van der Waals surface area contributed by atoms with Gasteiger partial charge >= 0.3 is 0 Å². The molecule has 2 aromatic rings. The normalized spacial score (nSPS) is 17.2. The summed E-state index contributed by atoms with van der Waals surface area (Å²) >= 11 is 6.32. The van der Waals surface area contributed by atoms with E-state index >= 15 is 0 Å². The zero-order valence-corrected chi connectivity index (χ0v) is 12.4. The van der Waals surface area contributed by atoms with Gasteiger partial charge in [-0.05, 0) is 12.1 Å². The van der Waals surface area contributed by atoms with Crippen molar-refractivity contribution in [3.8, 4) is 11.4 Å². The van der Waals surface area contributed by atoms with Gasteiger partial charge < -0.3 is 15.2 Å². The van der Waals surface area contributed by atoms with Crippen LogP contribution in [-0.2, 0) is 11.3 Å². The summed E-state index contributed by atoms with van der Waals surface area (Å²) in [6.07, 6.45) is 1.78. The third-order valence-electron chi connectivity index (χ3n) is 3.23. The first-order valence-electron chi connectivity index (χ1n) is 5.95. The molecule has 108 valence electrons. The molecule has 0 bridgehead atoms. The fourth-order valence-corrected chi connectivity index (χ4v) is 2.52. The molecule has 0 saturated heterocycles. The van der Waals surface area contributed by atoms with Crippen molar-refractivity contribution in [2.75, 3.05) is 13.7 Å². The standard InChI is InChI=1S/C13H14ClN3O2.ClH/c1-18-12-4-2-3-10(13(12)14)17-11-7-19-6-9(15)8(11)5-16-17;/h2-5,9H,6-7,15H2,1H3;1H/t9-;/m1./s1. The Kier molecular flexibility index (Phi) is 4.55. The van der Waals surface area contributed by atoms with Crippen molar-refractivity contribution in [1.29, 1.82) is 0 Å². The highest BCUT2D eigenvalue weighted by molar-refractivity contribution is 6.33. The van der Waals surface area contributed by atoms with E-state index in [1.54, 1.807) is 18.0 Å². The largest absolute Gasteiger partial charge is 0.495 e. The van der Waals surface area contributed by atoms with E-state index in [2.05, 4.69) is 5.10 Å². The predicted molar refractivity (Wildman–Crippen MR) is 79.0 cm³/mol. The summed E-state index contributed by atoms with van der Waals surface area (Å²) < 4.78 is 12.4. The van der Waals surface area contributed by atoms with Crippen LogP contribution in [-0.4, -0.2) is 23.5 Å². The Morgan fingerprint density at radius 3 is 3.05 bits per heavy atom. The molecule has 5 nitrogen and oxygen atoms in total. The zero-order valence-electron chi connectivity index (χ0n) is 10.9. The van der Waals surface area contributed by atoms with Crippen LogP contribution in [0.5, 0.6) is 5.75 Å². The van der Waals surface area contributed by atoms with Gasteiger partial charge in [-0.25, -0.2) is 4.68 Å². The molecular formula is C13H15Cl2N3O2. The first kappa shape index (κ1) is 15.1. The first-order chi connectivity index (χ1) is 9.22. The summed E-state index contributed by atoms with van der Waals surface area (Å²) in [5.74, 6) is 0.615. The van der Waals surface area contributed by atoms with Crippen LogP contribution >= 0.6 is 24.0 Å². The van der Waals surface area contributed by atoms with Gasteiger partial charge in [-0.15, -0.1) is 12.4 Å². The number of hydrogen-bond acceptors (Lipinski definition) is 4. The quantitative estimate of drug-likeness (QED) is 0.924. The molecule has 0 radical (unpaired) electrons. The maximum Gasteiger partial charge on any atom is 0.139 e. The molecule has 0 unspecified atom stereocenters. The van der Waals surface area contributed by atoms with E-state index in [9.17, 15) is 0 Å². The molecule has 2 N–H and O–H groups in total. The summed E-state index contributed by atoms with van der Waals surface area (Å²) in [6, 6.07) is 5.43. The number of benzene rings is 1. The lowest BCUT2D eigenvalue weighted by Gasteiger charge is -2.20. The number of methoxy groups -OCH3 is 1. The molecule has 1 aliphatic rings. The predicted octanol–water partition coefficient (Wildman–Crippen LogP) is 2.49. The smallest absolute Gasteiger partial charge is 0.139 e. The molecule has 1 aliphatic heterocycles. The molecule has 0 spiro atoms. The highest BCUT2D eigenvalue weighted by Gasteiger charge is 2.23. The number of nitrogens with zero attached hydrogens (tertiary/aromatic N) is 2. The Hall–Kier alpha value is -1.27. The van der Waals surface area contributed by atoms with Gasteiger partial charge in [-0.1, -0.05) is 17.7 Å². The van der Waals surface area contributed by atoms with E-state index in [-0.39, 0.29) is 18.4 Å². The molecule has 0 aliphatic carbocycles. The molecule has 1 atom stereocenters. The van der Waals surface area contributed by atoms with Gasteiger partial charge in [-0.3, -0.25) is 0 Å². The lowest BCUT2D eigenvalue weighted by molar-refractivity contribution is 0.0885. The van der Waals surface area contributed by atoms with Crippen molar-refractivity contribution in [2.24, 2.45) is 5.73 Å². The van der Waals surface area contributed by atoms with Crippen molar-refractivity contribution < 1.29 is 9.47 Å². The van der Waals surface area contributed by atoms with Crippen molar-refractivity contribution in [1.82, 2.24) is 9.78 Å². The second-order valence-corrected chi connectivity index (χ2v) is 4.75. The second-order valence-electron chi connectivity index (χ2n) is 4.37. The third kappa shape index (κ3) is 2.38. The number of ether oxygens (including phenoxy) is 2. The Bertz CT molecular complexity index is 616. The molecular weight excluding hydrogens is 301 g/mol. The third-order valence-corrected chi connectivity index (χ3v) is 3.61. The Morgan fingerprint density at radius 2 is 2.30 bits per heavy atom. The molecule has 3 rings (SSSR count). The first-order valence-corrected chi connectivity index (χ1v) is 6.33. The average Bonchev–Trinajstić information content (AvgIpc) is 2.84. The van der Waals surface area contributed by atoms with Crippen LogP contribution in [0.2, 0.25) is 5.02 Å². The van der Waals surface area contributed by atoms with Gasteiger partial charge in [-0.2, -0.15) is 5.10 Å². The maximum atomic E-state index is 6.32. The summed E-state index contributed by atoms with van der Waals surface area (Å²) in [4.78, 5) is 0. The number of fused-ring (bicyclic) bond motifs is 1. The van der Waals surface area contributed by atoms with Crippen molar-refractivity contribution in [3.63, 3.8) is 0 Å². The number of nitrogens with two attached hydrogens (primary N) is 1. The average molecular weight is 316 g/mol. The number of halogens is 2. The van der Waals surface area contributed by atoms with Gasteiger partial charge in [0.1, 0.15) is 10.8 Å². The van der Waals surface area contributed by atoms with Gasteiger partial charge in [0.2, 0.25) is 0 Å². The molecule has 0 amide bonds. The summed E-state index contributed by atoms with van der Waals surface area (Å²) in [5.41, 5.74) is 8.70. The van der Waals surface area contributed by atoms with Crippen LogP contribution < -0.4 is 10.5 Å². The van der Waals surface area contributed by atoms with Crippen LogP contribution in [0.4, 0.5) is 0 Å². The Morgan fingerprint density at radius 1 is 1.50 bits per heavy atom. The van der Waals surface area contributed by atoms with Crippen LogP contribution in [0.15, 0.2) is 24.4 Å². The zero-order chi connectivity index (χ0) is 13.4. The minimum atomic E-state index is -0.137. The van der Waals surface area contributed by atoms with E-state index in [0.717, 1.165) is 16.9 Å². The maximum absolute atomic E-state index is 6.32. The van der Waals surface area contributed by atoms with E-state index < -0.39 is 0 Å². The van der Waals surface area contributed by atoms with E-state index in [0.29, 0.717) is 24.0 Å². The van der Waals surface area contributed by atoms with Crippen LogP contribution in [0.25, 0.3) is 5.69 Å². The molecule has 2 heterocycles. The van der Waals surface area contributed by atoms with Crippen molar-refractivity contribution >= 4 is 24.0 Å². The minimum absolute atomic E-state index is 0. The van der Waals surface area contributed by atoms with Gasteiger partial charge in [0.15, 0.2) is 0 Å². The minimum Gasteiger partial charge on any atom is -0.495 e. The number of hydrogen-bond donors (Lipinski definition) is 1. The Balaban J connectivity index is 0.00000147. The monoisotopic (exact) mass is 315 g/mol. The van der Waals surface area contributed by atoms with Crippen molar-refractivity contribution in [3.05, 3.63) is 40.7 Å². The van der Waals surface area contributed by atoms with Crippen LogP contribution in [0, 0.1) is 0 Å². The fraction of sp³-hybridized carbons (Fsp3) is 0.308. The number of aromatic nitrogens is 2. The lowest BCUT2D eigenvalue weighted by Crippen LogP contribution is -2.24. The molecule has 0 saturated carbocycles. The summed E-state index contributed by atoms with van der Waals surface area (Å²) in [6.45, 7) is 1.00. The molecule has 1 aromatic carbocycles. The molecule has 0 fully saturated rings. The second kappa shape index (κ2) is 6.01. The fourth-order valence-electron chi connectivity index (χ4n) is 2.24. The summed E-state index contributed by atoms with van der Waals surface area (Å²) in [5, 5.41) is 4.89.